The van der Waals surface area contributed by atoms with Gasteiger partial charge in [-0.2, -0.15) is 0 Å². The zero-order valence-electron chi connectivity index (χ0n) is 21.7. The van der Waals surface area contributed by atoms with Crippen LogP contribution in [-0.4, -0.2) is 91.6 Å². The second-order valence-electron chi connectivity index (χ2n) is 8.80. The molecule has 2 amide bonds. The summed E-state index contributed by atoms with van der Waals surface area (Å²) < 4.78 is 5.12. The van der Waals surface area contributed by atoms with Gasteiger partial charge in [0.05, 0.1) is 24.7 Å². The SMILES string of the molecule is COc1ccc(C(=O)Nc2ccc3nc(N4CCN(CC(=O)N(C)C)CC4)cc(C(=O)O)c3c2)cc1.Cl.Cl.Cl. The van der Waals surface area contributed by atoms with E-state index >= 15 is 0 Å². The molecule has 2 N–H and O–H groups in total. The normalized spacial score (nSPS) is 12.8. The van der Waals surface area contributed by atoms with Crippen LogP contribution in [0.1, 0.15) is 20.7 Å². The molecule has 1 fully saturated rings. The fourth-order valence-corrected chi connectivity index (χ4v) is 4.04. The van der Waals surface area contributed by atoms with Crippen molar-refractivity contribution in [2.45, 2.75) is 0 Å². The monoisotopic (exact) mass is 599 g/mol. The predicted molar refractivity (Wildman–Crippen MR) is 159 cm³/mol. The van der Waals surface area contributed by atoms with E-state index in [1.807, 2.05) is 4.90 Å². The van der Waals surface area contributed by atoms with Crippen molar-refractivity contribution >= 4 is 77.4 Å². The van der Waals surface area contributed by atoms with Crippen LogP contribution in [0.4, 0.5) is 11.5 Å². The Hall–Kier alpha value is -3.31. The molecular weight excluding hydrogens is 569 g/mol. The van der Waals surface area contributed by atoms with Crippen molar-refractivity contribution in [3.8, 4) is 5.75 Å². The van der Waals surface area contributed by atoms with E-state index < -0.39 is 5.97 Å². The molecule has 0 spiro atoms. The summed E-state index contributed by atoms with van der Waals surface area (Å²) in [5.74, 6) is -0.112. The number of amides is 2. The predicted octanol–water partition coefficient (Wildman–Crippen LogP) is 3.67. The van der Waals surface area contributed by atoms with Crippen LogP contribution in [0.15, 0.2) is 48.5 Å². The van der Waals surface area contributed by atoms with Gasteiger partial charge in [-0.1, -0.05) is 0 Å². The summed E-state index contributed by atoms with van der Waals surface area (Å²) in [6.45, 7) is 2.98. The summed E-state index contributed by atoms with van der Waals surface area (Å²) >= 11 is 0. The second-order valence-corrected chi connectivity index (χ2v) is 8.80. The molecular formula is C26H32Cl3N5O5. The number of ether oxygens (including phenoxy) is 1. The molecule has 2 aromatic carbocycles. The lowest BCUT2D eigenvalue weighted by molar-refractivity contribution is -0.129. The van der Waals surface area contributed by atoms with Crippen LogP contribution in [0.5, 0.6) is 5.75 Å². The van der Waals surface area contributed by atoms with Gasteiger partial charge in [0.15, 0.2) is 0 Å². The van der Waals surface area contributed by atoms with E-state index in [0.29, 0.717) is 66.4 Å². The summed E-state index contributed by atoms with van der Waals surface area (Å²) in [4.78, 5) is 47.1. The van der Waals surface area contributed by atoms with Gasteiger partial charge in [0.1, 0.15) is 11.6 Å². The van der Waals surface area contributed by atoms with E-state index in [0.717, 1.165) is 0 Å². The maximum Gasteiger partial charge on any atom is 0.336 e. The van der Waals surface area contributed by atoms with E-state index in [4.69, 9.17) is 9.72 Å². The maximum absolute atomic E-state index is 12.6. The molecule has 1 aromatic heterocycles. The van der Waals surface area contributed by atoms with Crippen LogP contribution in [0.3, 0.4) is 0 Å². The number of rotatable bonds is 7. The zero-order valence-corrected chi connectivity index (χ0v) is 24.2. The van der Waals surface area contributed by atoms with Gasteiger partial charge in [-0.05, 0) is 48.5 Å². The van der Waals surface area contributed by atoms with E-state index in [1.54, 1.807) is 74.6 Å². The van der Waals surface area contributed by atoms with Crippen LogP contribution in [0.2, 0.25) is 0 Å². The largest absolute Gasteiger partial charge is 0.497 e. The molecule has 0 radical (unpaired) electrons. The molecule has 39 heavy (non-hydrogen) atoms. The number of aromatic nitrogens is 1. The van der Waals surface area contributed by atoms with Gasteiger partial charge >= 0.3 is 5.97 Å². The lowest BCUT2D eigenvalue weighted by atomic mass is 10.1. The standard InChI is InChI=1S/C26H29N5O5.3ClH/c1-29(2)24(32)16-30-10-12-31(13-11-30)23-15-21(26(34)35)20-14-18(6-9-22(20)28-23)27-25(33)17-4-7-19(36-3)8-5-17;;;/h4-9,14-15H,10-13,16H2,1-3H3,(H,27,33)(H,34,35);3*1H. The Labute approximate surface area is 245 Å². The number of nitrogens with zero attached hydrogens (tertiary/aromatic N) is 4. The van der Waals surface area contributed by atoms with E-state index in [9.17, 15) is 19.5 Å². The van der Waals surface area contributed by atoms with Crippen molar-refractivity contribution in [1.82, 2.24) is 14.8 Å². The fraction of sp³-hybridized carbons (Fsp3) is 0.308. The first-order chi connectivity index (χ1) is 17.2. The first-order valence-corrected chi connectivity index (χ1v) is 11.6. The van der Waals surface area contributed by atoms with Gasteiger partial charge < -0.3 is 25.0 Å². The van der Waals surface area contributed by atoms with E-state index in [1.165, 1.54) is 0 Å². The number of anilines is 2. The highest BCUT2D eigenvalue weighted by Crippen LogP contribution is 2.27. The Kier molecular flexibility index (Phi) is 12.7. The summed E-state index contributed by atoms with van der Waals surface area (Å²) in [5, 5.41) is 13.2. The van der Waals surface area contributed by atoms with Gasteiger partial charge in [-0.15, -0.1) is 37.2 Å². The number of likely N-dealkylation sites (N-methyl/N-ethyl adjacent to an activating group) is 1. The fourth-order valence-electron chi connectivity index (χ4n) is 4.04. The lowest BCUT2D eigenvalue weighted by Gasteiger charge is -2.35. The second kappa shape index (κ2) is 14.7. The number of carbonyl (C=O) groups is 3. The number of carbonyl (C=O) groups excluding carboxylic acids is 2. The third-order valence-corrected chi connectivity index (χ3v) is 6.19. The van der Waals surface area contributed by atoms with Crippen molar-refractivity contribution < 1.29 is 24.2 Å². The molecule has 0 unspecified atom stereocenters. The molecule has 2 heterocycles. The van der Waals surface area contributed by atoms with E-state index in [2.05, 4.69) is 10.2 Å². The first kappa shape index (κ1) is 33.7. The third kappa shape index (κ3) is 8.09. The summed E-state index contributed by atoms with van der Waals surface area (Å²) in [6.07, 6.45) is 0. The number of methoxy groups -OCH3 is 1. The van der Waals surface area contributed by atoms with Crippen molar-refractivity contribution in [1.29, 1.82) is 0 Å². The van der Waals surface area contributed by atoms with Crippen LogP contribution in [0, 0.1) is 0 Å². The molecule has 1 aliphatic heterocycles. The topological polar surface area (TPSA) is 115 Å². The minimum absolute atomic E-state index is 0. The number of hydrogen-bond acceptors (Lipinski definition) is 7. The van der Waals surface area contributed by atoms with Gasteiger partial charge in [0.25, 0.3) is 5.91 Å². The smallest absolute Gasteiger partial charge is 0.336 e. The summed E-state index contributed by atoms with van der Waals surface area (Å²) in [5.41, 5.74) is 1.56. The number of piperazine rings is 1. The van der Waals surface area contributed by atoms with Crippen LogP contribution in [-0.2, 0) is 4.79 Å². The Morgan fingerprint density at radius 3 is 2.18 bits per heavy atom. The minimum Gasteiger partial charge on any atom is -0.497 e. The van der Waals surface area contributed by atoms with E-state index in [-0.39, 0.29) is 54.6 Å². The number of aromatic carboxylic acids is 1. The van der Waals surface area contributed by atoms with Gasteiger partial charge in [0, 0.05) is 56.9 Å². The quantitative estimate of drug-likeness (QED) is 0.422. The zero-order chi connectivity index (χ0) is 25.8. The molecule has 13 heteroatoms. The Bertz CT molecular complexity index is 1300. The molecule has 1 saturated heterocycles. The maximum atomic E-state index is 12.6. The van der Waals surface area contributed by atoms with Gasteiger partial charge in [-0.25, -0.2) is 9.78 Å². The summed E-state index contributed by atoms with van der Waals surface area (Å²) in [6, 6.07) is 13.3. The van der Waals surface area contributed by atoms with Crippen LogP contribution >= 0.6 is 37.2 Å². The summed E-state index contributed by atoms with van der Waals surface area (Å²) in [7, 11) is 5.03. The minimum atomic E-state index is -1.07. The molecule has 3 aromatic rings. The van der Waals surface area contributed by atoms with Crippen LogP contribution in [0.25, 0.3) is 10.9 Å². The Morgan fingerprint density at radius 1 is 0.974 bits per heavy atom. The number of hydrogen-bond donors (Lipinski definition) is 2. The number of carboxylic acids is 1. The first-order valence-electron chi connectivity index (χ1n) is 11.6. The van der Waals surface area contributed by atoms with Crippen molar-refractivity contribution in [2.75, 3.05) is 64.1 Å². The number of benzene rings is 2. The highest BCUT2D eigenvalue weighted by atomic mass is 35.5. The number of carboxylic acid groups (broad SMARTS) is 1. The Morgan fingerprint density at radius 2 is 1.62 bits per heavy atom. The van der Waals surface area contributed by atoms with Gasteiger partial charge in [-0.3, -0.25) is 14.5 Å². The lowest BCUT2D eigenvalue weighted by Crippen LogP contribution is -2.49. The number of nitrogens with one attached hydrogen (secondary N) is 1. The Balaban J connectivity index is 0.00000253. The van der Waals surface area contributed by atoms with Crippen LogP contribution < -0.4 is 15.0 Å². The number of halogens is 3. The third-order valence-electron chi connectivity index (χ3n) is 6.19. The van der Waals surface area contributed by atoms with Crippen molar-refractivity contribution in [3.05, 3.63) is 59.7 Å². The number of pyridine rings is 1. The molecule has 10 nitrogen and oxygen atoms in total. The van der Waals surface area contributed by atoms with Crippen molar-refractivity contribution in [3.63, 3.8) is 0 Å². The molecule has 0 aliphatic carbocycles. The molecule has 0 atom stereocenters. The molecule has 212 valence electrons. The molecule has 1 aliphatic rings. The molecule has 0 bridgehead atoms. The highest BCUT2D eigenvalue weighted by Gasteiger charge is 2.22. The van der Waals surface area contributed by atoms with Gasteiger partial charge in [0.2, 0.25) is 5.91 Å². The number of fused-ring (bicyclic) bond motifs is 1. The average Bonchev–Trinajstić information content (AvgIpc) is 2.88. The van der Waals surface area contributed by atoms with Crippen molar-refractivity contribution in [2.24, 2.45) is 0 Å². The molecule has 4 rings (SSSR count). The average molecular weight is 601 g/mol. The molecule has 0 saturated carbocycles. The highest BCUT2D eigenvalue weighted by molar-refractivity contribution is 6.08.